The van der Waals surface area contributed by atoms with Crippen molar-refractivity contribution in [2.75, 3.05) is 11.1 Å². The summed E-state index contributed by atoms with van der Waals surface area (Å²) in [5.74, 6) is -0.206. The van der Waals surface area contributed by atoms with Gasteiger partial charge in [-0.05, 0) is 24.3 Å². The molecule has 1 heterocycles. The highest BCUT2D eigenvalue weighted by atomic mass is 35.5. The van der Waals surface area contributed by atoms with Crippen molar-refractivity contribution in [2.24, 2.45) is 0 Å². The molecule has 0 aliphatic rings. The Kier molecular flexibility index (Phi) is 3.30. The summed E-state index contributed by atoms with van der Waals surface area (Å²) in [5.41, 5.74) is 6.70. The van der Waals surface area contributed by atoms with Gasteiger partial charge in [-0.15, -0.1) is 0 Å². The number of carbonyl (C=O) groups excluding carboxylic acids is 1. The smallest absolute Gasteiger partial charge is 0.246 e. The van der Waals surface area contributed by atoms with Crippen molar-refractivity contribution in [2.45, 2.75) is 6.54 Å². The third-order valence-corrected chi connectivity index (χ3v) is 2.39. The van der Waals surface area contributed by atoms with Gasteiger partial charge in [-0.3, -0.25) is 9.48 Å². The number of hydrogen-bond donors (Lipinski definition) is 2. The second kappa shape index (κ2) is 4.88. The molecule has 5 nitrogen and oxygen atoms in total. The molecule has 0 unspecified atom stereocenters. The van der Waals surface area contributed by atoms with Crippen LogP contribution in [0.2, 0.25) is 5.02 Å². The first-order valence-corrected chi connectivity index (χ1v) is 5.35. The molecular formula is C11H11ClN4O. The van der Waals surface area contributed by atoms with Crippen molar-refractivity contribution in [3.8, 4) is 0 Å². The lowest BCUT2D eigenvalue weighted by Gasteiger charge is -2.08. The lowest BCUT2D eigenvalue weighted by molar-refractivity contribution is -0.116. The monoisotopic (exact) mass is 250 g/mol. The van der Waals surface area contributed by atoms with Gasteiger partial charge in [0.2, 0.25) is 5.91 Å². The van der Waals surface area contributed by atoms with Crippen LogP contribution in [0.15, 0.2) is 36.7 Å². The van der Waals surface area contributed by atoms with E-state index in [0.717, 1.165) is 0 Å². The summed E-state index contributed by atoms with van der Waals surface area (Å²) in [5, 5.41) is 7.14. The van der Waals surface area contributed by atoms with E-state index in [1.54, 1.807) is 36.7 Å². The maximum absolute atomic E-state index is 11.7. The normalized spacial score (nSPS) is 10.2. The van der Waals surface area contributed by atoms with Crippen LogP contribution in [0.25, 0.3) is 0 Å². The fourth-order valence-electron chi connectivity index (χ4n) is 1.37. The highest BCUT2D eigenvalue weighted by molar-refractivity contribution is 6.31. The van der Waals surface area contributed by atoms with Gasteiger partial charge >= 0.3 is 0 Å². The fraction of sp³-hybridized carbons (Fsp3) is 0.0909. The predicted octanol–water partition coefficient (Wildman–Crippen LogP) is 1.76. The van der Waals surface area contributed by atoms with E-state index in [4.69, 9.17) is 17.3 Å². The number of nitrogens with one attached hydrogen (secondary N) is 1. The maximum Gasteiger partial charge on any atom is 0.246 e. The number of nitrogens with zero attached hydrogens (tertiary/aromatic N) is 2. The molecular weight excluding hydrogens is 240 g/mol. The van der Waals surface area contributed by atoms with Gasteiger partial charge in [0.15, 0.2) is 0 Å². The average molecular weight is 251 g/mol. The van der Waals surface area contributed by atoms with Crippen molar-refractivity contribution in [3.05, 3.63) is 41.7 Å². The first-order chi connectivity index (χ1) is 8.15. The minimum Gasteiger partial charge on any atom is -0.397 e. The molecule has 0 aliphatic carbocycles. The maximum atomic E-state index is 11.7. The van der Waals surface area contributed by atoms with Gasteiger partial charge in [-0.25, -0.2) is 0 Å². The van der Waals surface area contributed by atoms with Gasteiger partial charge in [0.1, 0.15) is 6.54 Å². The number of anilines is 2. The van der Waals surface area contributed by atoms with Crippen molar-refractivity contribution in [1.29, 1.82) is 0 Å². The molecule has 0 saturated carbocycles. The van der Waals surface area contributed by atoms with E-state index >= 15 is 0 Å². The van der Waals surface area contributed by atoms with Crippen LogP contribution in [-0.4, -0.2) is 15.7 Å². The molecule has 6 heteroatoms. The van der Waals surface area contributed by atoms with Gasteiger partial charge in [-0.2, -0.15) is 5.10 Å². The van der Waals surface area contributed by atoms with E-state index in [0.29, 0.717) is 16.4 Å². The minimum absolute atomic E-state index is 0.138. The highest BCUT2D eigenvalue weighted by Crippen LogP contribution is 2.22. The van der Waals surface area contributed by atoms with Crippen LogP contribution in [0.3, 0.4) is 0 Å². The molecule has 0 fully saturated rings. The molecule has 0 aliphatic heterocycles. The minimum atomic E-state index is -0.206. The van der Waals surface area contributed by atoms with Gasteiger partial charge in [-0.1, -0.05) is 11.6 Å². The number of nitrogen functional groups attached to an aromatic ring is 1. The summed E-state index contributed by atoms with van der Waals surface area (Å²) in [6.07, 6.45) is 3.32. The van der Waals surface area contributed by atoms with Gasteiger partial charge in [0.25, 0.3) is 0 Å². The number of nitrogens with two attached hydrogens (primary N) is 1. The topological polar surface area (TPSA) is 72.9 Å². The number of halogens is 1. The Morgan fingerprint density at radius 3 is 3.06 bits per heavy atom. The molecule has 3 N–H and O–H groups in total. The molecule has 1 amide bonds. The Labute approximate surface area is 103 Å². The lowest BCUT2D eigenvalue weighted by atomic mass is 10.2. The van der Waals surface area contributed by atoms with Crippen LogP contribution in [0.5, 0.6) is 0 Å². The first-order valence-electron chi connectivity index (χ1n) is 4.97. The van der Waals surface area contributed by atoms with Crippen molar-refractivity contribution >= 4 is 28.9 Å². The van der Waals surface area contributed by atoms with Crippen molar-refractivity contribution in [1.82, 2.24) is 9.78 Å². The van der Waals surface area contributed by atoms with Gasteiger partial charge in [0, 0.05) is 17.4 Å². The molecule has 1 aromatic carbocycles. The molecule has 2 aromatic rings. The molecule has 0 radical (unpaired) electrons. The molecule has 17 heavy (non-hydrogen) atoms. The summed E-state index contributed by atoms with van der Waals surface area (Å²) in [7, 11) is 0. The van der Waals surface area contributed by atoms with Crippen LogP contribution in [0, 0.1) is 0 Å². The van der Waals surface area contributed by atoms with Crippen LogP contribution < -0.4 is 11.1 Å². The van der Waals surface area contributed by atoms with Crippen LogP contribution in [0.4, 0.5) is 11.4 Å². The number of carbonyl (C=O) groups is 1. The Hall–Kier alpha value is -2.01. The van der Waals surface area contributed by atoms with Crippen molar-refractivity contribution < 1.29 is 4.79 Å². The summed E-state index contributed by atoms with van der Waals surface area (Å²) in [6, 6.07) is 6.67. The van der Waals surface area contributed by atoms with E-state index in [2.05, 4.69) is 10.4 Å². The Morgan fingerprint density at radius 1 is 1.53 bits per heavy atom. The second-order valence-electron chi connectivity index (χ2n) is 3.48. The van der Waals surface area contributed by atoms with Gasteiger partial charge < -0.3 is 11.1 Å². The number of amides is 1. The third-order valence-electron chi connectivity index (χ3n) is 2.15. The molecule has 1 aromatic heterocycles. The Bertz CT molecular complexity index is 524. The quantitative estimate of drug-likeness (QED) is 0.816. The largest absolute Gasteiger partial charge is 0.397 e. The second-order valence-corrected chi connectivity index (χ2v) is 3.92. The molecule has 2 rings (SSSR count). The number of benzene rings is 1. The summed E-state index contributed by atoms with van der Waals surface area (Å²) in [4.78, 5) is 11.7. The number of hydrogen-bond acceptors (Lipinski definition) is 3. The summed E-state index contributed by atoms with van der Waals surface area (Å²) < 4.78 is 1.52. The zero-order valence-electron chi connectivity index (χ0n) is 8.93. The average Bonchev–Trinajstić information content (AvgIpc) is 2.76. The molecule has 0 bridgehead atoms. The fourth-order valence-corrected chi connectivity index (χ4v) is 1.54. The van der Waals surface area contributed by atoms with Crippen molar-refractivity contribution in [3.63, 3.8) is 0 Å². The number of rotatable bonds is 3. The molecule has 88 valence electrons. The van der Waals surface area contributed by atoms with E-state index < -0.39 is 0 Å². The Balaban J connectivity index is 2.05. The highest BCUT2D eigenvalue weighted by Gasteiger charge is 2.06. The SMILES string of the molecule is Nc1ccc(Cl)cc1NC(=O)Cn1cccn1. The standard InChI is InChI=1S/C11H11ClN4O/c12-8-2-3-9(13)10(6-8)15-11(17)7-16-5-1-4-14-16/h1-6H,7,13H2,(H,15,17). The van der Waals surface area contributed by atoms with Crippen LogP contribution in [-0.2, 0) is 11.3 Å². The zero-order chi connectivity index (χ0) is 12.3. The zero-order valence-corrected chi connectivity index (χ0v) is 9.69. The molecule has 0 saturated heterocycles. The summed E-state index contributed by atoms with van der Waals surface area (Å²) >= 11 is 5.82. The third kappa shape index (κ3) is 2.98. The van der Waals surface area contributed by atoms with E-state index in [1.807, 2.05) is 0 Å². The first kappa shape index (κ1) is 11.5. The van der Waals surface area contributed by atoms with E-state index in [1.165, 1.54) is 4.68 Å². The van der Waals surface area contributed by atoms with E-state index in [9.17, 15) is 4.79 Å². The predicted molar refractivity (Wildman–Crippen MR) is 66.7 cm³/mol. The lowest BCUT2D eigenvalue weighted by Crippen LogP contribution is -2.19. The van der Waals surface area contributed by atoms with Crippen LogP contribution in [0.1, 0.15) is 0 Å². The van der Waals surface area contributed by atoms with Crippen LogP contribution >= 0.6 is 11.6 Å². The molecule has 0 atom stereocenters. The van der Waals surface area contributed by atoms with E-state index in [-0.39, 0.29) is 12.5 Å². The molecule has 0 spiro atoms. The number of aromatic nitrogens is 2. The van der Waals surface area contributed by atoms with Gasteiger partial charge in [0.05, 0.1) is 11.4 Å². The Morgan fingerprint density at radius 2 is 2.35 bits per heavy atom. The summed E-state index contributed by atoms with van der Waals surface area (Å²) in [6.45, 7) is 0.138.